The van der Waals surface area contributed by atoms with Gasteiger partial charge in [-0.25, -0.2) is 0 Å². The minimum atomic E-state index is 0.477. The van der Waals surface area contributed by atoms with Gasteiger partial charge in [0.25, 0.3) is 0 Å². The zero-order valence-electron chi connectivity index (χ0n) is 7.31. The van der Waals surface area contributed by atoms with Gasteiger partial charge in [-0.15, -0.1) is 10.2 Å². The molecule has 0 amide bonds. The van der Waals surface area contributed by atoms with Crippen molar-refractivity contribution >= 4 is 11.4 Å². The fourth-order valence-corrected chi connectivity index (χ4v) is 0.999. The van der Waals surface area contributed by atoms with E-state index in [0.29, 0.717) is 18.1 Å². The molecule has 0 fully saturated rings. The molecule has 7 heteroatoms. The first kappa shape index (κ1) is 8.42. The van der Waals surface area contributed by atoms with E-state index in [1.807, 2.05) is 0 Å². The number of anilines is 2. The van der Waals surface area contributed by atoms with Gasteiger partial charge in [0.1, 0.15) is 0 Å². The predicted molar refractivity (Wildman–Crippen MR) is 50.2 cm³/mol. The second-order valence-corrected chi connectivity index (χ2v) is 2.64. The van der Waals surface area contributed by atoms with Crippen molar-refractivity contribution < 1.29 is 0 Å². The Bertz CT molecular complexity index is 396. The Kier molecular flexibility index (Phi) is 2.22. The highest BCUT2D eigenvalue weighted by molar-refractivity contribution is 5.63. The van der Waals surface area contributed by atoms with Crippen LogP contribution in [0.5, 0.6) is 0 Å². The molecule has 2 rings (SSSR count). The SMILES string of the molecule is Nc1cnccc1NCc1nn[nH]n1. The van der Waals surface area contributed by atoms with E-state index in [1.165, 1.54) is 0 Å². The summed E-state index contributed by atoms with van der Waals surface area (Å²) in [5.41, 5.74) is 7.07. The highest BCUT2D eigenvalue weighted by Gasteiger charge is 2.00. The van der Waals surface area contributed by atoms with Crippen LogP contribution in [0, 0.1) is 0 Å². The summed E-state index contributed by atoms with van der Waals surface area (Å²) in [6.45, 7) is 0.477. The van der Waals surface area contributed by atoms with E-state index in [1.54, 1.807) is 18.5 Å². The molecule has 72 valence electrons. The number of nitrogens with zero attached hydrogens (tertiary/aromatic N) is 4. The number of nitrogens with two attached hydrogens (primary N) is 1. The number of tetrazole rings is 1. The first-order valence-corrected chi connectivity index (χ1v) is 4.02. The predicted octanol–water partition coefficient (Wildman–Crippen LogP) is -0.211. The second kappa shape index (κ2) is 3.69. The molecule has 0 unspecified atom stereocenters. The van der Waals surface area contributed by atoms with Crippen molar-refractivity contribution in [3.05, 3.63) is 24.3 Å². The number of aromatic amines is 1. The number of aromatic nitrogens is 5. The van der Waals surface area contributed by atoms with Crippen molar-refractivity contribution in [3.63, 3.8) is 0 Å². The van der Waals surface area contributed by atoms with Gasteiger partial charge in [-0.2, -0.15) is 5.21 Å². The Morgan fingerprint density at radius 3 is 3.14 bits per heavy atom. The molecule has 4 N–H and O–H groups in total. The standard InChI is InChI=1S/C7H9N7/c8-5-3-9-2-1-6(5)10-4-7-11-13-14-12-7/h1-3H,4,8H2,(H,9,10)(H,11,12,13,14). The lowest BCUT2D eigenvalue weighted by atomic mass is 10.3. The van der Waals surface area contributed by atoms with E-state index < -0.39 is 0 Å². The van der Waals surface area contributed by atoms with Gasteiger partial charge in [0.05, 0.1) is 24.1 Å². The van der Waals surface area contributed by atoms with Crippen LogP contribution in [0.2, 0.25) is 0 Å². The molecule has 0 aliphatic heterocycles. The molecule has 14 heavy (non-hydrogen) atoms. The van der Waals surface area contributed by atoms with Crippen LogP contribution in [0.4, 0.5) is 11.4 Å². The lowest BCUT2D eigenvalue weighted by molar-refractivity contribution is 0.881. The largest absolute Gasteiger partial charge is 0.396 e. The van der Waals surface area contributed by atoms with Crippen LogP contribution in [0.25, 0.3) is 0 Å². The first-order valence-electron chi connectivity index (χ1n) is 4.02. The van der Waals surface area contributed by atoms with Gasteiger partial charge in [0.2, 0.25) is 0 Å². The average molecular weight is 191 g/mol. The average Bonchev–Trinajstić information content (AvgIpc) is 2.69. The molecule has 0 aromatic carbocycles. The smallest absolute Gasteiger partial charge is 0.193 e. The highest BCUT2D eigenvalue weighted by Crippen LogP contribution is 2.15. The van der Waals surface area contributed by atoms with Crippen LogP contribution in [0.15, 0.2) is 18.5 Å². The Morgan fingerprint density at radius 2 is 2.43 bits per heavy atom. The summed E-state index contributed by atoms with van der Waals surface area (Å²) in [4.78, 5) is 3.88. The third kappa shape index (κ3) is 1.76. The molecule has 2 aromatic heterocycles. The molecule has 0 bridgehead atoms. The molecule has 2 heterocycles. The maximum atomic E-state index is 5.67. The van der Waals surface area contributed by atoms with Gasteiger partial charge >= 0.3 is 0 Å². The zero-order valence-corrected chi connectivity index (χ0v) is 7.31. The molecule has 7 nitrogen and oxygen atoms in total. The summed E-state index contributed by atoms with van der Waals surface area (Å²) in [6.07, 6.45) is 3.24. The monoisotopic (exact) mass is 191 g/mol. The molecule has 0 saturated carbocycles. The van der Waals surface area contributed by atoms with E-state index in [0.717, 1.165) is 5.69 Å². The minimum Gasteiger partial charge on any atom is -0.396 e. The number of nitrogen functional groups attached to an aromatic ring is 1. The molecule has 0 radical (unpaired) electrons. The van der Waals surface area contributed by atoms with Crippen molar-refractivity contribution in [2.45, 2.75) is 6.54 Å². The van der Waals surface area contributed by atoms with Gasteiger partial charge in [0, 0.05) is 6.20 Å². The summed E-state index contributed by atoms with van der Waals surface area (Å²) in [6, 6.07) is 1.79. The zero-order chi connectivity index (χ0) is 9.80. The van der Waals surface area contributed by atoms with Gasteiger partial charge in [-0.3, -0.25) is 4.98 Å². The van der Waals surface area contributed by atoms with E-state index in [2.05, 4.69) is 30.9 Å². The number of pyridine rings is 1. The quantitative estimate of drug-likeness (QED) is 0.619. The van der Waals surface area contributed by atoms with Gasteiger partial charge in [-0.05, 0) is 6.07 Å². The molecule has 0 aliphatic rings. The maximum Gasteiger partial charge on any atom is 0.193 e. The summed E-state index contributed by atoms with van der Waals surface area (Å²) < 4.78 is 0. The van der Waals surface area contributed by atoms with Crippen molar-refractivity contribution in [2.24, 2.45) is 0 Å². The van der Waals surface area contributed by atoms with E-state index in [9.17, 15) is 0 Å². The Hall–Kier alpha value is -2.18. The number of hydrogen-bond acceptors (Lipinski definition) is 6. The van der Waals surface area contributed by atoms with Crippen LogP contribution in [0.1, 0.15) is 5.82 Å². The van der Waals surface area contributed by atoms with E-state index >= 15 is 0 Å². The molecular weight excluding hydrogens is 182 g/mol. The Labute approximate surface area is 79.7 Å². The third-order valence-corrected chi connectivity index (χ3v) is 1.68. The maximum absolute atomic E-state index is 5.67. The van der Waals surface area contributed by atoms with Crippen molar-refractivity contribution in [2.75, 3.05) is 11.1 Å². The molecule has 0 aliphatic carbocycles. The number of rotatable bonds is 3. The van der Waals surface area contributed by atoms with Crippen LogP contribution in [-0.4, -0.2) is 25.6 Å². The Balaban J connectivity index is 2.02. The molecule has 0 atom stereocenters. The number of H-pyrrole nitrogens is 1. The molecular formula is C7H9N7. The minimum absolute atomic E-state index is 0.477. The lowest BCUT2D eigenvalue weighted by Crippen LogP contribution is -2.04. The highest BCUT2D eigenvalue weighted by atomic mass is 15.5. The summed E-state index contributed by atoms with van der Waals surface area (Å²) in [5, 5.41) is 16.5. The number of hydrogen-bond donors (Lipinski definition) is 3. The van der Waals surface area contributed by atoms with Gasteiger partial charge in [-0.1, -0.05) is 5.21 Å². The van der Waals surface area contributed by atoms with Crippen LogP contribution in [-0.2, 0) is 6.54 Å². The van der Waals surface area contributed by atoms with Crippen LogP contribution < -0.4 is 11.1 Å². The van der Waals surface area contributed by atoms with E-state index in [-0.39, 0.29) is 0 Å². The second-order valence-electron chi connectivity index (χ2n) is 2.64. The fourth-order valence-electron chi connectivity index (χ4n) is 0.999. The number of nitrogens with one attached hydrogen (secondary N) is 2. The van der Waals surface area contributed by atoms with Gasteiger partial charge in [0.15, 0.2) is 5.82 Å². The van der Waals surface area contributed by atoms with Crippen LogP contribution >= 0.6 is 0 Å². The molecule has 2 aromatic rings. The molecule has 0 saturated heterocycles. The van der Waals surface area contributed by atoms with Crippen molar-refractivity contribution in [1.29, 1.82) is 0 Å². The van der Waals surface area contributed by atoms with Crippen LogP contribution in [0.3, 0.4) is 0 Å². The van der Waals surface area contributed by atoms with Crippen molar-refractivity contribution in [3.8, 4) is 0 Å². The summed E-state index contributed by atoms with van der Waals surface area (Å²) in [5.74, 6) is 0.584. The first-order chi connectivity index (χ1) is 6.86. The lowest BCUT2D eigenvalue weighted by Gasteiger charge is -2.05. The Morgan fingerprint density at radius 1 is 1.50 bits per heavy atom. The molecule has 0 spiro atoms. The summed E-state index contributed by atoms with van der Waals surface area (Å²) >= 11 is 0. The summed E-state index contributed by atoms with van der Waals surface area (Å²) in [7, 11) is 0. The fraction of sp³-hybridized carbons (Fsp3) is 0.143. The normalized spacial score (nSPS) is 10.0. The van der Waals surface area contributed by atoms with E-state index in [4.69, 9.17) is 5.73 Å². The third-order valence-electron chi connectivity index (χ3n) is 1.68. The topological polar surface area (TPSA) is 105 Å². The van der Waals surface area contributed by atoms with Crippen molar-refractivity contribution in [1.82, 2.24) is 25.6 Å². The van der Waals surface area contributed by atoms with Gasteiger partial charge < -0.3 is 11.1 Å².